The number of alkyl halides is 2. The molecule has 9 heteroatoms. The van der Waals surface area contributed by atoms with Gasteiger partial charge in [0.05, 0.1) is 22.8 Å². The number of aromatic nitrogens is 3. The summed E-state index contributed by atoms with van der Waals surface area (Å²) in [6, 6.07) is 11.8. The summed E-state index contributed by atoms with van der Waals surface area (Å²) in [5.41, 5.74) is 1.55. The molecule has 0 aliphatic heterocycles. The smallest absolute Gasteiger partial charge is 0.272 e. The van der Waals surface area contributed by atoms with Gasteiger partial charge in [-0.05, 0) is 35.7 Å². The average molecular weight is 409 g/mol. The summed E-state index contributed by atoms with van der Waals surface area (Å²) in [5, 5.41) is 14.2. The van der Waals surface area contributed by atoms with Crippen LogP contribution in [-0.2, 0) is 0 Å². The number of nitrogens with zero attached hydrogens (tertiary/aromatic N) is 3. The number of pyridine rings is 1. The molecule has 0 spiro atoms. The van der Waals surface area contributed by atoms with Gasteiger partial charge in [0.25, 0.3) is 11.5 Å². The van der Waals surface area contributed by atoms with Gasteiger partial charge in [-0.15, -0.1) is 0 Å². The summed E-state index contributed by atoms with van der Waals surface area (Å²) in [6.07, 6.45) is 2.54. The third-order valence-corrected chi connectivity index (χ3v) is 5.03. The third-order valence-electron chi connectivity index (χ3n) is 5.03. The summed E-state index contributed by atoms with van der Waals surface area (Å²) in [7, 11) is 0. The van der Waals surface area contributed by atoms with Crippen LogP contribution in [0.15, 0.2) is 53.6 Å². The maximum absolute atomic E-state index is 12.9. The van der Waals surface area contributed by atoms with Crippen LogP contribution in [0.2, 0.25) is 0 Å². The number of H-pyrrole nitrogens is 1. The predicted molar refractivity (Wildman–Crippen MR) is 104 cm³/mol. The number of hydrogen-bond acceptors (Lipinski definition) is 4. The molecule has 7 nitrogen and oxygen atoms in total. The Balaban J connectivity index is 1.44. The highest BCUT2D eigenvalue weighted by atomic mass is 19.3. The van der Waals surface area contributed by atoms with Gasteiger partial charge < -0.3 is 5.32 Å². The van der Waals surface area contributed by atoms with Crippen molar-refractivity contribution in [2.75, 3.05) is 6.54 Å². The highest BCUT2D eigenvalue weighted by Gasteiger charge is 2.44. The molecule has 1 aliphatic rings. The van der Waals surface area contributed by atoms with Gasteiger partial charge in [0.15, 0.2) is 5.82 Å². The van der Waals surface area contributed by atoms with Gasteiger partial charge >= 0.3 is 0 Å². The Labute approximate surface area is 170 Å². The van der Waals surface area contributed by atoms with Crippen molar-refractivity contribution in [3.63, 3.8) is 0 Å². The Kier molecular flexibility index (Phi) is 4.91. The zero-order chi connectivity index (χ0) is 21.3. The van der Waals surface area contributed by atoms with E-state index in [2.05, 4.69) is 15.4 Å². The molecular formula is C21H17F2N5O2. The van der Waals surface area contributed by atoms with Gasteiger partial charge in [-0.1, -0.05) is 12.1 Å². The first kappa shape index (κ1) is 19.5. The van der Waals surface area contributed by atoms with E-state index < -0.39 is 5.92 Å². The lowest BCUT2D eigenvalue weighted by atomic mass is 9.81. The second kappa shape index (κ2) is 7.55. The third kappa shape index (κ3) is 3.98. The standard InChI is InChI=1S/C21H17F2N5O2/c22-21(23)7-14(8-21)10-26-19(29)16-5-6-18(25-11-16)28-12-17(20(30)27-28)15-3-1-13(9-24)2-4-15/h1-6,11-12,14H,7-8,10H2,(H,26,29)(H,27,30). The molecule has 1 fully saturated rings. The molecule has 30 heavy (non-hydrogen) atoms. The monoisotopic (exact) mass is 409 g/mol. The van der Waals surface area contributed by atoms with E-state index in [1.807, 2.05) is 6.07 Å². The number of hydrogen-bond donors (Lipinski definition) is 2. The fraction of sp³-hybridized carbons (Fsp3) is 0.238. The number of amides is 1. The van der Waals surface area contributed by atoms with Crippen molar-refractivity contribution in [3.8, 4) is 23.0 Å². The Hall–Kier alpha value is -3.80. The Bertz CT molecular complexity index is 1170. The molecule has 4 rings (SSSR count). The highest BCUT2D eigenvalue weighted by Crippen LogP contribution is 2.41. The quantitative estimate of drug-likeness (QED) is 0.676. The fourth-order valence-electron chi connectivity index (χ4n) is 3.37. The van der Waals surface area contributed by atoms with Gasteiger partial charge in [0.2, 0.25) is 5.92 Å². The number of nitrogens with one attached hydrogen (secondary N) is 2. The number of carbonyl (C=O) groups excluding carboxylic acids is 1. The molecule has 1 aliphatic carbocycles. The lowest BCUT2D eigenvalue weighted by molar-refractivity contribution is -0.108. The molecule has 0 atom stereocenters. The normalized spacial score (nSPS) is 15.2. The molecule has 2 N–H and O–H groups in total. The van der Waals surface area contributed by atoms with E-state index in [9.17, 15) is 18.4 Å². The van der Waals surface area contributed by atoms with E-state index in [0.717, 1.165) is 0 Å². The van der Waals surface area contributed by atoms with Gasteiger partial charge in [0.1, 0.15) is 0 Å². The zero-order valence-electron chi connectivity index (χ0n) is 15.7. The maximum Gasteiger partial charge on any atom is 0.272 e. The molecule has 3 aromatic rings. The fourth-order valence-corrected chi connectivity index (χ4v) is 3.37. The van der Waals surface area contributed by atoms with Crippen LogP contribution in [-0.4, -0.2) is 33.1 Å². The first-order valence-corrected chi connectivity index (χ1v) is 9.29. The minimum absolute atomic E-state index is 0.201. The lowest BCUT2D eigenvalue weighted by Crippen LogP contribution is -2.42. The molecule has 152 valence electrons. The van der Waals surface area contributed by atoms with E-state index in [4.69, 9.17) is 5.26 Å². The van der Waals surface area contributed by atoms with Crippen LogP contribution in [0.25, 0.3) is 16.9 Å². The van der Waals surface area contributed by atoms with Gasteiger partial charge in [-0.25, -0.2) is 18.4 Å². The second-order valence-corrected chi connectivity index (χ2v) is 7.29. The van der Waals surface area contributed by atoms with Crippen molar-refractivity contribution in [2.45, 2.75) is 18.8 Å². The van der Waals surface area contributed by atoms with E-state index in [-0.39, 0.29) is 36.8 Å². The van der Waals surface area contributed by atoms with Gasteiger partial charge in [-0.2, -0.15) is 5.26 Å². The van der Waals surface area contributed by atoms with Crippen LogP contribution in [0.1, 0.15) is 28.8 Å². The van der Waals surface area contributed by atoms with Crippen LogP contribution in [0.4, 0.5) is 8.78 Å². The molecule has 0 saturated heterocycles. The first-order valence-electron chi connectivity index (χ1n) is 9.29. The molecule has 1 amide bonds. The summed E-state index contributed by atoms with van der Waals surface area (Å²) in [4.78, 5) is 28.7. The maximum atomic E-state index is 12.9. The Morgan fingerprint density at radius 1 is 1.27 bits per heavy atom. The minimum Gasteiger partial charge on any atom is -0.352 e. The molecule has 0 bridgehead atoms. The molecular weight excluding hydrogens is 392 g/mol. The van der Waals surface area contributed by atoms with Crippen molar-refractivity contribution in [3.05, 3.63) is 70.3 Å². The van der Waals surface area contributed by atoms with Crippen molar-refractivity contribution >= 4 is 5.91 Å². The number of halogens is 2. The molecule has 2 heterocycles. The second-order valence-electron chi connectivity index (χ2n) is 7.29. The van der Waals surface area contributed by atoms with Crippen molar-refractivity contribution < 1.29 is 13.6 Å². The number of rotatable bonds is 5. The van der Waals surface area contributed by atoms with E-state index in [0.29, 0.717) is 28.1 Å². The number of nitriles is 1. The van der Waals surface area contributed by atoms with Crippen molar-refractivity contribution in [1.29, 1.82) is 5.26 Å². The molecule has 1 saturated carbocycles. The zero-order valence-corrected chi connectivity index (χ0v) is 15.7. The molecule has 2 aromatic heterocycles. The number of aromatic amines is 1. The number of benzene rings is 1. The van der Waals surface area contributed by atoms with Crippen LogP contribution >= 0.6 is 0 Å². The highest BCUT2D eigenvalue weighted by molar-refractivity contribution is 5.93. The van der Waals surface area contributed by atoms with E-state index >= 15 is 0 Å². The van der Waals surface area contributed by atoms with Crippen LogP contribution < -0.4 is 10.9 Å². The van der Waals surface area contributed by atoms with Crippen LogP contribution in [0, 0.1) is 17.2 Å². The van der Waals surface area contributed by atoms with Crippen LogP contribution in [0.3, 0.4) is 0 Å². The minimum atomic E-state index is -2.61. The Morgan fingerprint density at radius 2 is 2.00 bits per heavy atom. The molecule has 0 radical (unpaired) electrons. The van der Waals surface area contributed by atoms with Crippen molar-refractivity contribution in [1.82, 2.24) is 20.1 Å². The van der Waals surface area contributed by atoms with Crippen molar-refractivity contribution in [2.24, 2.45) is 5.92 Å². The Morgan fingerprint density at radius 3 is 2.60 bits per heavy atom. The van der Waals surface area contributed by atoms with Gasteiger partial charge in [-0.3, -0.25) is 14.7 Å². The van der Waals surface area contributed by atoms with E-state index in [1.54, 1.807) is 42.6 Å². The summed E-state index contributed by atoms with van der Waals surface area (Å²) < 4.78 is 27.1. The largest absolute Gasteiger partial charge is 0.352 e. The van der Waals surface area contributed by atoms with Crippen LogP contribution in [0.5, 0.6) is 0 Å². The molecule has 0 unspecified atom stereocenters. The topological polar surface area (TPSA) is 104 Å². The van der Waals surface area contributed by atoms with E-state index in [1.165, 1.54) is 10.9 Å². The predicted octanol–water partition coefficient (Wildman–Crippen LogP) is 2.87. The number of carbonyl (C=O) groups is 1. The summed E-state index contributed by atoms with van der Waals surface area (Å²) in [5.74, 6) is -2.80. The SMILES string of the molecule is N#Cc1ccc(-c2cn(-c3ccc(C(=O)NCC4CC(F)(F)C4)cn3)[nH]c2=O)cc1. The molecule has 1 aromatic carbocycles. The summed E-state index contributed by atoms with van der Waals surface area (Å²) in [6.45, 7) is 0.203. The summed E-state index contributed by atoms with van der Waals surface area (Å²) >= 11 is 0. The lowest BCUT2D eigenvalue weighted by Gasteiger charge is -2.34. The van der Waals surface area contributed by atoms with Gasteiger partial charge in [0, 0.05) is 31.8 Å². The average Bonchev–Trinajstić information content (AvgIpc) is 3.12. The first-order chi connectivity index (χ1) is 14.3.